The first-order valence-corrected chi connectivity index (χ1v) is 11.8. The van der Waals surface area contributed by atoms with E-state index in [9.17, 15) is 18.0 Å². The third-order valence-electron chi connectivity index (χ3n) is 4.35. The van der Waals surface area contributed by atoms with Crippen LogP contribution in [0.15, 0.2) is 40.7 Å². The summed E-state index contributed by atoms with van der Waals surface area (Å²) in [6, 6.07) is 6.85. The van der Waals surface area contributed by atoms with E-state index in [0.717, 1.165) is 16.7 Å². The van der Waals surface area contributed by atoms with Gasteiger partial charge in [0, 0.05) is 18.4 Å². The number of carbonyl (C=O) groups excluding carboxylic acids is 2. The molecule has 1 N–H and O–H groups in total. The number of hydrogen-bond donors (Lipinski definition) is 1. The number of thioether (sulfide) groups is 1. The Morgan fingerprint density at radius 2 is 2.10 bits per heavy atom. The Balaban J connectivity index is 1.50. The maximum Gasteiger partial charge on any atom is 0.266 e. The smallest absolute Gasteiger partial charge is 0.266 e. The van der Waals surface area contributed by atoms with Crippen LogP contribution < -0.4 is 10.1 Å². The van der Waals surface area contributed by atoms with Gasteiger partial charge in [-0.05, 0) is 36.3 Å². The number of rotatable bonds is 7. The Kier molecular flexibility index (Phi) is 6.76. The van der Waals surface area contributed by atoms with Crippen molar-refractivity contribution in [3.63, 3.8) is 0 Å². The van der Waals surface area contributed by atoms with Crippen LogP contribution in [0, 0.1) is 0 Å². The zero-order valence-corrected chi connectivity index (χ0v) is 18.1. The molecule has 2 amide bonds. The molecule has 1 atom stereocenters. The van der Waals surface area contributed by atoms with E-state index in [1.54, 1.807) is 13.2 Å². The van der Waals surface area contributed by atoms with Gasteiger partial charge in [0.1, 0.15) is 10.1 Å². The van der Waals surface area contributed by atoms with Gasteiger partial charge in [-0.1, -0.05) is 36.1 Å². The second-order valence-electron chi connectivity index (χ2n) is 6.54. The third-order valence-corrected chi connectivity index (χ3v) is 7.12. The Morgan fingerprint density at radius 3 is 2.72 bits per heavy atom. The van der Waals surface area contributed by atoms with E-state index in [1.807, 2.05) is 24.3 Å². The molecule has 0 saturated carbocycles. The highest BCUT2D eigenvalue weighted by Gasteiger charge is 2.31. The molecule has 0 unspecified atom stereocenters. The summed E-state index contributed by atoms with van der Waals surface area (Å²) in [5.41, 5.74) is 0.866. The van der Waals surface area contributed by atoms with Crippen LogP contribution in [0.3, 0.4) is 0 Å². The van der Waals surface area contributed by atoms with Gasteiger partial charge in [-0.2, -0.15) is 0 Å². The molecule has 1 saturated heterocycles. The molecule has 0 spiro atoms. The maximum atomic E-state index is 12.6. The lowest BCUT2D eigenvalue weighted by Crippen LogP contribution is -2.36. The molecule has 1 fully saturated rings. The topological polar surface area (TPSA) is 92.8 Å². The third kappa shape index (κ3) is 5.68. The fourth-order valence-electron chi connectivity index (χ4n) is 2.89. The number of benzene rings is 1. The summed E-state index contributed by atoms with van der Waals surface area (Å²) < 4.78 is 28.3. The molecular weight excluding hydrogens is 432 g/mol. The van der Waals surface area contributed by atoms with Crippen LogP contribution in [-0.2, 0) is 19.4 Å². The number of hydrogen-bond acceptors (Lipinski definition) is 7. The molecule has 2 aliphatic heterocycles. The van der Waals surface area contributed by atoms with E-state index in [2.05, 4.69) is 5.32 Å². The first-order chi connectivity index (χ1) is 13.8. The van der Waals surface area contributed by atoms with Gasteiger partial charge < -0.3 is 10.1 Å². The molecule has 29 heavy (non-hydrogen) atoms. The standard InChI is InChI=1S/C19H20N2O5S3/c1-26-15-6-4-13(5-7-15)11-16-18(23)21(19(27)28-16)9-2-3-17(22)20-14-8-10-29(24,25)12-14/h4-8,10-11,14H,2-3,9,12H2,1H3,(H,20,22)/b16-11-/t14-/m1/s1. The summed E-state index contributed by atoms with van der Waals surface area (Å²) in [6.07, 6.45) is 3.85. The van der Waals surface area contributed by atoms with Crippen molar-refractivity contribution in [3.05, 3.63) is 46.2 Å². The zero-order valence-electron chi connectivity index (χ0n) is 15.7. The minimum atomic E-state index is -3.21. The van der Waals surface area contributed by atoms with Crippen LogP contribution in [-0.4, -0.2) is 54.9 Å². The number of sulfone groups is 1. The summed E-state index contributed by atoms with van der Waals surface area (Å²) in [7, 11) is -1.62. The first kappa shape index (κ1) is 21.5. The normalized spacial score (nSPS) is 21.8. The average Bonchev–Trinajstić information content (AvgIpc) is 3.15. The van der Waals surface area contributed by atoms with Gasteiger partial charge in [0.05, 0.1) is 23.8 Å². The second-order valence-corrected chi connectivity index (χ2v) is 10.1. The van der Waals surface area contributed by atoms with Crippen molar-refractivity contribution in [2.24, 2.45) is 0 Å². The average molecular weight is 453 g/mol. The Labute approximate surface area is 179 Å². The van der Waals surface area contributed by atoms with Crippen molar-refractivity contribution in [1.82, 2.24) is 10.2 Å². The lowest BCUT2D eigenvalue weighted by atomic mass is 10.2. The van der Waals surface area contributed by atoms with Gasteiger partial charge in [0.25, 0.3) is 5.91 Å². The minimum Gasteiger partial charge on any atom is -0.497 e. The highest BCUT2D eigenvalue weighted by atomic mass is 32.2. The number of nitrogens with zero attached hydrogens (tertiary/aromatic N) is 1. The maximum absolute atomic E-state index is 12.6. The van der Waals surface area contributed by atoms with Crippen LogP contribution in [0.25, 0.3) is 6.08 Å². The minimum absolute atomic E-state index is 0.108. The monoisotopic (exact) mass is 452 g/mol. The Hall–Kier alpha value is -2.17. The van der Waals surface area contributed by atoms with Gasteiger partial charge in [-0.15, -0.1) is 0 Å². The number of thiocarbonyl (C=S) groups is 1. The predicted molar refractivity (Wildman–Crippen MR) is 117 cm³/mol. The van der Waals surface area contributed by atoms with Gasteiger partial charge in [0.2, 0.25) is 5.91 Å². The zero-order chi connectivity index (χ0) is 21.0. The summed E-state index contributed by atoms with van der Waals surface area (Å²) in [5, 5.41) is 3.78. The van der Waals surface area contributed by atoms with Crippen molar-refractivity contribution in [2.45, 2.75) is 18.9 Å². The van der Waals surface area contributed by atoms with Crippen molar-refractivity contribution >= 4 is 56.0 Å². The number of methoxy groups -OCH3 is 1. The van der Waals surface area contributed by atoms with E-state index in [0.29, 0.717) is 22.2 Å². The number of amides is 2. The van der Waals surface area contributed by atoms with E-state index in [-0.39, 0.29) is 24.0 Å². The van der Waals surface area contributed by atoms with E-state index in [1.165, 1.54) is 22.7 Å². The largest absolute Gasteiger partial charge is 0.497 e. The molecule has 2 aliphatic rings. The van der Waals surface area contributed by atoms with Crippen LogP contribution >= 0.6 is 24.0 Å². The van der Waals surface area contributed by atoms with Gasteiger partial charge in [-0.3, -0.25) is 14.5 Å². The predicted octanol–water partition coefficient (Wildman–Crippen LogP) is 2.10. The highest BCUT2D eigenvalue weighted by molar-refractivity contribution is 8.26. The fraction of sp³-hybridized carbons (Fsp3) is 0.316. The molecule has 2 heterocycles. The second kappa shape index (κ2) is 9.10. The molecular formula is C19H20N2O5S3. The summed E-state index contributed by atoms with van der Waals surface area (Å²) in [5.74, 6) is 0.194. The van der Waals surface area contributed by atoms with Gasteiger partial charge in [0.15, 0.2) is 9.84 Å². The highest BCUT2D eigenvalue weighted by Crippen LogP contribution is 2.32. The lowest BCUT2D eigenvalue weighted by Gasteiger charge is -2.15. The Bertz CT molecular complexity index is 984. The van der Waals surface area contributed by atoms with Crippen molar-refractivity contribution in [3.8, 4) is 5.75 Å². The molecule has 0 bridgehead atoms. The molecule has 0 radical (unpaired) electrons. The summed E-state index contributed by atoms with van der Waals surface area (Å²) >= 11 is 6.53. The molecule has 1 aromatic rings. The quantitative estimate of drug-likeness (QED) is 0.500. The van der Waals surface area contributed by atoms with E-state index < -0.39 is 15.9 Å². The molecule has 0 aromatic heterocycles. The molecule has 0 aliphatic carbocycles. The van der Waals surface area contributed by atoms with Crippen LogP contribution in [0.2, 0.25) is 0 Å². The number of ether oxygens (including phenoxy) is 1. The lowest BCUT2D eigenvalue weighted by molar-refractivity contribution is -0.124. The van der Waals surface area contributed by atoms with Gasteiger partial charge >= 0.3 is 0 Å². The van der Waals surface area contributed by atoms with Crippen molar-refractivity contribution < 1.29 is 22.7 Å². The summed E-state index contributed by atoms with van der Waals surface area (Å²) in [4.78, 5) is 26.6. The SMILES string of the molecule is COc1ccc(/C=C2\SC(=S)N(CCCC(=O)N[C@@H]3C=CS(=O)(=O)C3)C2=O)cc1. The Morgan fingerprint density at radius 1 is 1.38 bits per heavy atom. The van der Waals surface area contributed by atoms with Crippen LogP contribution in [0.4, 0.5) is 0 Å². The van der Waals surface area contributed by atoms with Gasteiger partial charge in [-0.25, -0.2) is 8.42 Å². The first-order valence-electron chi connectivity index (χ1n) is 8.87. The number of nitrogens with one attached hydrogen (secondary N) is 1. The van der Waals surface area contributed by atoms with Crippen molar-refractivity contribution in [1.29, 1.82) is 0 Å². The number of carbonyl (C=O) groups is 2. The molecule has 7 nitrogen and oxygen atoms in total. The molecule has 10 heteroatoms. The van der Waals surface area contributed by atoms with E-state index >= 15 is 0 Å². The summed E-state index contributed by atoms with van der Waals surface area (Å²) in [6.45, 7) is 0.330. The molecule has 1 aromatic carbocycles. The van der Waals surface area contributed by atoms with E-state index in [4.69, 9.17) is 17.0 Å². The van der Waals surface area contributed by atoms with Crippen LogP contribution in [0.5, 0.6) is 5.75 Å². The van der Waals surface area contributed by atoms with Crippen LogP contribution in [0.1, 0.15) is 18.4 Å². The molecule has 3 rings (SSSR count). The fourth-order valence-corrected chi connectivity index (χ4v) is 5.43. The van der Waals surface area contributed by atoms with Crippen molar-refractivity contribution in [2.75, 3.05) is 19.4 Å². The molecule has 154 valence electrons.